The van der Waals surface area contributed by atoms with Crippen LogP contribution < -0.4 is 5.56 Å². The Morgan fingerprint density at radius 3 is 2.55 bits per heavy atom. The standard InChI is InChI=1S/C21H21N3O5/c1-29-21(28)16-10-14-11-23(20(27)15-8-5-9-22-19(15)26)12-17(25)24(14)18(16)13-6-3-2-4-7-13/h2-9,14,16,18H,10-12H2,1H3,(H,22,26)/t14-,16-,18-/m0/s1. The van der Waals surface area contributed by atoms with Gasteiger partial charge in [0.1, 0.15) is 12.1 Å². The highest BCUT2D eigenvalue weighted by Gasteiger charge is 2.51. The van der Waals surface area contributed by atoms with Crippen LogP contribution >= 0.6 is 0 Å². The Kier molecular flexibility index (Phi) is 4.92. The highest BCUT2D eigenvalue weighted by molar-refractivity contribution is 5.97. The van der Waals surface area contributed by atoms with E-state index in [1.54, 1.807) is 11.0 Å². The number of carbonyl (C=O) groups excluding carboxylic acids is 3. The fraction of sp³-hybridized carbons (Fsp3) is 0.333. The summed E-state index contributed by atoms with van der Waals surface area (Å²) in [6.45, 7) is 0.122. The Labute approximate surface area is 167 Å². The average Bonchev–Trinajstić information content (AvgIpc) is 3.14. The minimum atomic E-state index is -0.508. The molecule has 0 saturated carbocycles. The summed E-state index contributed by atoms with van der Waals surface area (Å²) >= 11 is 0. The predicted octanol–water partition coefficient (Wildman–Crippen LogP) is 0.962. The molecule has 2 aromatic rings. The largest absolute Gasteiger partial charge is 0.469 e. The molecule has 3 atom stereocenters. The molecule has 3 heterocycles. The molecule has 8 nitrogen and oxygen atoms in total. The van der Waals surface area contributed by atoms with E-state index in [-0.39, 0.29) is 36.6 Å². The first-order chi connectivity index (χ1) is 14.0. The zero-order valence-corrected chi connectivity index (χ0v) is 15.9. The number of fused-ring (bicyclic) bond motifs is 1. The summed E-state index contributed by atoms with van der Waals surface area (Å²) in [5.41, 5.74) is 0.363. The lowest BCUT2D eigenvalue weighted by molar-refractivity contribution is -0.147. The number of ether oxygens (including phenoxy) is 1. The number of aromatic amines is 1. The zero-order chi connectivity index (χ0) is 20.5. The molecule has 1 N–H and O–H groups in total. The molecule has 4 rings (SSSR count). The molecule has 2 aliphatic rings. The topological polar surface area (TPSA) is 99.8 Å². The highest BCUT2D eigenvalue weighted by Crippen LogP contribution is 2.43. The molecule has 0 spiro atoms. The Morgan fingerprint density at radius 1 is 1.10 bits per heavy atom. The third-order valence-electron chi connectivity index (χ3n) is 5.63. The van der Waals surface area contributed by atoms with E-state index < -0.39 is 23.4 Å². The molecule has 0 aliphatic carbocycles. The van der Waals surface area contributed by atoms with Crippen LogP contribution in [0.4, 0.5) is 0 Å². The Morgan fingerprint density at radius 2 is 1.86 bits per heavy atom. The summed E-state index contributed by atoms with van der Waals surface area (Å²) in [5, 5.41) is 0. The van der Waals surface area contributed by atoms with Crippen LogP contribution in [0.25, 0.3) is 0 Å². The second-order valence-corrected chi connectivity index (χ2v) is 7.27. The molecule has 0 radical (unpaired) electrons. The van der Waals surface area contributed by atoms with Gasteiger partial charge in [-0.3, -0.25) is 19.2 Å². The maximum atomic E-state index is 13.0. The van der Waals surface area contributed by atoms with Crippen molar-refractivity contribution in [2.45, 2.75) is 18.5 Å². The number of benzene rings is 1. The van der Waals surface area contributed by atoms with Gasteiger partial charge in [-0.2, -0.15) is 0 Å². The number of amides is 2. The fourth-order valence-electron chi connectivity index (χ4n) is 4.38. The van der Waals surface area contributed by atoms with E-state index in [9.17, 15) is 19.2 Å². The third-order valence-corrected chi connectivity index (χ3v) is 5.63. The van der Waals surface area contributed by atoms with Gasteiger partial charge in [-0.25, -0.2) is 0 Å². The molecule has 2 aliphatic heterocycles. The van der Waals surface area contributed by atoms with Crippen molar-refractivity contribution in [1.29, 1.82) is 0 Å². The lowest BCUT2D eigenvalue weighted by Crippen LogP contribution is -2.56. The molecule has 8 heteroatoms. The second kappa shape index (κ2) is 7.54. The first kappa shape index (κ1) is 18.9. The van der Waals surface area contributed by atoms with Gasteiger partial charge < -0.3 is 19.5 Å². The molecule has 2 amide bonds. The summed E-state index contributed by atoms with van der Waals surface area (Å²) in [4.78, 5) is 55.8. The molecule has 150 valence electrons. The number of nitrogens with zero attached hydrogens (tertiary/aromatic N) is 2. The minimum absolute atomic E-state index is 0.00382. The summed E-state index contributed by atoms with van der Waals surface area (Å²) < 4.78 is 4.98. The van der Waals surface area contributed by atoms with Crippen LogP contribution in [-0.2, 0) is 14.3 Å². The summed E-state index contributed by atoms with van der Waals surface area (Å²) in [5.74, 6) is -1.62. The number of hydrogen-bond acceptors (Lipinski definition) is 5. The van der Waals surface area contributed by atoms with Gasteiger partial charge in [-0.15, -0.1) is 0 Å². The van der Waals surface area contributed by atoms with Crippen LogP contribution in [0.3, 0.4) is 0 Å². The van der Waals surface area contributed by atoms with Crippen LogP contribution in [0.2, 0.25) is 0 Å². The van der Waals surface area contributed by atoms with Crippen LogP contribution in [0, 0.1) is 5.92 Å². The van der Waals surface area contributed by atoms with Crippen LogP contribution in [-0.4, -0.2) is 58.8 Å². The SMILES string of the molecule is COC(=O)[C@H]1C[C@H]2CN(C(=O)c3ccc[nH]c3=O)CC(=O)N2[C@H]1c1ccccc1. The summed E-state index contributed by atoms with van der Waals surface area (Å²) in [6.07, 6.45) is 1.84. The molecule has 1 aromatic heterocycles. The van der Waals surface area contributed by atoms with Gasteiger partial charge in [0.25, 0.3) is 11.5 Å². The van der Waals surface area contributed by atoms with Gasteiger partial charge in [0.05, 0.1) is 25.1 Å². The normalized spacial score (nSPS) is 23.6. The number of rotatable bonds is 3. The van der Waals surface area contributed by atoms with E-state index >= 15 is 0 Å². The highest BCUT2D eigenvalue weighted by atomic mass is 16.5. The van der Waals surface area contributed by atoms with Gasteiger partial charge >= 0.3 is 5.97 Å². The number of nitrogens with one attached hydrogen (secondary N) is 1. The smallest absolute Gasteiger partial charge is 0.311 e. The molecule has 1 aromatic carbocycles. The van der Waals surface area contributed by atoms with E-state index in [4.69, 9.17) is 4.74 Å². The van der Waals surface area contributed by atoms with Crippen molar-refractivity contribution in [3.05, 3.63) is 70.1 Å². The zero-order valence-electron chi connectivity index (χ0n) is 15.9. The monoisotopic (exact) mass is 395 g/mol. The third kappa shape index (κ3) is 3.30. The lowest BCUT2D eigenvalue weighted by atomic mass is 9.93. The Balaban J connectivity index is 1.64. The van der Waals surface area contributed by atoms with E-state index in [1.165, 1.54) is 24.3 Å². The Hall–Kier alpha value is -3.42. The molecule has 2 saturated heterocycles. The first-order valence-electron chi connectivity index (χ1n) is 9.42. The number of H-pyrrole nitrogens is 1. The maximum absolute atomic E-state index is 13.0. The van der Waals surface area contributed by atoms with Crippen molar-refractivity contribution in [1.82, 2.24) is 14.8 Å². The van der Waals surface area contributed by atoms with Crippen molar-refractivity contribution >= 4 is 17.8 Å². The van der Waals surface area contributed by atoms with E-state index in [0.29, 0.717) is 6.42 Å². The summed E-state index contributed by atoms with van der Waals surface area (Å²) in [7, 11) is 1.33. The molecule has 29 heavy (non-hydrogen) atoms. The summed E-state index contributed by atoms with van der Waals surface area (Å²) in [6, 6.07) is 11.6. The number of esters is 1. The predicted molar refractivity (Wildman–Crippen MR) is 103 cm³/mol. The van der Waals surface area contributed by atoms with Gasteiger partial charge in [0.2, 0.25) is 5.91 Å². The van der Waals surface area contributed by atoms with Crippen molar-refractivity contribution in [3.63, 3.8) is 0 Å². The number of pyridine rings is 1. The van der Waals surface area contributed by atoms with E-state index in [0.717, 1.165) is 5.56 Å². The number of aromatic nitrogens is 1. The molecule has 0 bridgehead atoms. The van der Waals surface area contributed by atoms with E-state index in [1.807, 2.05) is 30.3 Å². The lowest BCUT2D eigenvalue weighted by Gasteiger charge is -2.40. The van der Waals surface area contributed by atoms with E-state index in [2.05, 4.69) is 4.98 Å². The number of piperazine rings is 1. The fourth-order valence-corrected chi connectivity index (χ4v) is 4.38. The van der Waals surface area contributed by atoms with Crippen molar-refractivity contribution in [2.24, 2.45) is 5.92 Å². The van der Waals surface area contributed by atoms with Gasteiger partial charge in [0, 0.05) is 12.7 Å². The molecule has 0 unspecified atom stereocenters. The van der Waals surface area contributed by atoms with Gasteiger partial charge in [-0.1, -0.05) is 30.3 Å². The van der Waals surface area contributed by atoms with Gasteiger partial charge in [0.15, 0.2) is 0 Å². The maximum Gasteiger partial charge on any atom is 0.311 e. The van der Waals surface area contributed by atoms with Crippen molar-refractivity contribution in [2.75, 3.05) is 20.2 Å². The number of carbonyl (C=O) groups is 3. The first-order valence-corrected chi connectivity index (χ1v) is 9.42. The van der Waals surface area contributed by atoms with Crippen molar-refractivity contribution < 1.29 is 19.1 Å². The number of hydrogen-bond donors (Lipinski definition) is 1. The molecular formula is C21H21N3O5. The number of methoxy groups -OCH3 is 1. The van der Waals surface area contributed by atoms with Gasteiger partial charge in [-0.05, 0) is 24.1 Å². The van der Waals surface area contributed by atoms with Crippen LogP contribution in [0.1, 0.15) is 28.4 Å². The average molecular weight is 395 g/mol. The van der Waals surface area contributed by atoms with Crippen LogP contribution in [0.5, 0.6) is 0 Å². The van der Waals surface area contributed by atoms with Crippen molar-refractivity contribution in [3.8, 4) is 0 Å². The molecular weight excluding hydrogens is 374 g/mol. The molecule has 2 fully saturated rings. The Bertz CT molecular complexity index is 1000. The second-order valence-electron chi connectivity index (χ2n) is 7.27. The quantitative estimate of drug-likeness (QED) is 0.781. The van der Waals surface area contributed by atoms with Crippen LogP contribution in [0.15, 0.2) is 53.5 Å². The minimum Gasteiger partial charge on any atom is -0.469 e.